The zero-order valence-electron chi connectivity index (χ0n) is 12.0. The number of hydrogen-bond donors (Lipinski definition) is 1. The molecule has 1 N–H and O–H groups in total. The lowest BCUT2D eigenvalue weighted by atomic mass is 10.2. The Labute approximate surface area is 125 Å². The van der Waals surface area contributed by atoms with Gasteiger partial charge in [-0.3, -0.25) is 4.79 Å². The third kappa shape index (κ3) is 3.75. The lowest BCUT2D eigenvalue weighted by Crippen LogP contribution is -2.17. The highest BCUT2D eigenvalue weighted by Crippen LogP contribution is 2.29. The molecule has 0 unspecified atom stereocenters. The van der Waals surface area contributed by atoms with Crippen molar-refractivity contribution in [1.82, 2.24) is 4.98 Å². The van der Waals surface area contributed by atoms with Crippen molar-refractivity contribution in [3.05, 3.63) is 53.7 Å². The minimum Gasteiger partial charge on any atom is -0.363 e. The van der Waals surface area contributed by atoms with Crippen molar-refractivity contribution in [2.75, 3.05) is 24.3 Å². The number of aromatic nitrogens is 1. The Hall–Kier alpha value is -2.57. The molecule has 0 aliphatic heterocycles. The van der Waals surface area contributed by atoms with Gasteiger partial charge in [-0.05, 0) is 36.4 Å². The van der Waals surface area contributed by atoms with E-state index in [1.54, 1.807) is 31.1 Å². The lowest BCUT2D eigenvalue weighted by molar-refractivity contribution is -0.137. The number of hydrogen-bond acceptors (Lipinski definition) is 3. The van der Waals surface area contributed by atoms with Crippen molar-refractivity contribution in [2.45, 2.75) is 6.18 Å². The quantitative estimate of drug-likeness (QED) is 0.945. The zero-order valence-corrected chi connectivity index (χ0v) is 12.0. The van der Waals surface area contributed by atoms with Crippen LogP contribution in [0.2, 0.25) is 0 Å². The molecule has 1 aromatic carbocycles. The van der Waals surface area contributed by atoms with E-state index in [1.807, 2.05) is 0 Å². The number of alkyl halides is 3. The first-order chi connectivity index (χ1) is 10.3. The summed E-state index contributed by atoms with van der Waals surface area (Å²) >= 11 is 0. The van der Waals surface area contributed by atoms with Gasteiger partial charge < -0.3 is 10.2 Å². The summed E-state index contributed by atoms with van der Waals surface area (Å²) in [6.07, 6.45) is -4.40. The number of anilines is 2. The van der Waals surface area contributed by atoms with E-state index < -0.39 is 17.6 Å². The Morgan fingerprint density at radius 3 is 2.27 bits per heavy atom. The van der Waals surface area contributed by atoms with Crippen LogP contribution >= 0.6 is 0 Å². The van der Waals surface area contributed by atoms with E-state index in [1.165, 1.54) is 18.2 Å². The molecule has 1 heterocycles. The van der Waals surface area contributed by atoms with E-state index in [4.69, 9.17) is 0 Å². The minimum atomic E-state index is -4.40. The Bertz CT molecular complexity index is 666. The van der Waals surface area contributed by atoms with Gasteiger partial charge in [0.1, 0.15) is 11.5 Å². The molecular formula is C15H14F3N3O. The van der Waals surface area contributed by atoms with Gasteiger partial charge in [0, 0.05) is 19.8 Å². The van der Waals surface area contributed by atoms with Crippen molar-refractivity contribution in [2.24, 2.45) is 0 Å². The number of nitrogens with zero attached hydrogens (tertiary/aromatic N) is 2. The molecular weight excluding hydrogens is 295 g/mol. The van der Waals surface area contributed by atoms with E-state index in [2.05, 4.69) is 10.3 Å². The molecule has 22 heavy (non-hydrogen) atoms. The van der Waals surface area contributed by atoms with E-state index in [9.17, 15) is 18.0 Å². The summed E-state index contributed by atoms with van der Waals surface area (Å²) in [5, 5.41) is 2.52. The third-order valence-electron chi connectivity index (χ3n) is 2.90. The lowest BCUT2D eigenvalue weighted by Gasteiger charge is -2.12. The van der Waals surface area contributed by atoms with E-state index in [0.717, 1.165) is 12.1 Å². The van der Waals surface area contributed by atoms with Crippen LogP contribution in [0.5, 0.6) is 0 Å². The van der Waals surface area contributed by atoms with E-state index in [0.29, 0.717) is 5.82 Å². The second-order valence-electron chi connectivity index (χ2n) is 4.80. The van der Waals surface area contributed by atoms with Gasteiger partial charge in [0.15, 0.2) is 0 Å². The summed E-state index contributed by atoms with van der Waals surface area (Å²) in [4.78, 5) is 18.0. The summed E-state index contributed by atoms with van der Waals surface area (Å²) in [6, 6.07) is 9.21. The van der Waals surface area contributed by atoms with Crippen LogP contribution < -0.4 is 10.2 Å². The number of nitrogens with one attached hydrogen (secondary N) is 1. The van der Waals surface area contributed by atoms with Crippen LogP contribution in [-0.2, 0) is 6.18 Å². The second kappa shape index (κ2) is 6.05. The summed E-state index contributed by atoms with van der Waals surface area (Å²) in [5.41, 5.74) is -0.306. The maximum absolute atomic E-state index is 12.5. The molecule has 0 aliphatic carbocycles. The normalized spacial score (nSPS) is 11.1. The molecule has 2 rings (SSSR count). The number of amides is 1. The van der Waals surface area contributed by atoms with Gasteiger partial charge in [-0.15, -0.1) is 0 Å². The Morgan fingerprint density at radius 2 is 1.73 bits per heavy atom. The summed E-state index contributed by atoms with van der Waals surface area (Å²) < 4.78 is 37.4. The van der Waals surface area contributed by atoms with Gasteiger partial charge in [-0.2, -0.15) is 13.2 Å². The fourth-order valence-electron chi connectivity index (χ4n) is 1.74. The van der Waals surface area contributed by atoms with Gasteiger partial charge in [0.2, 0.25) is 0 Å². The van der Waals surface area contributed by atoms with Crippen molar-refractivity contribution >= 4 is 17.4 Å². The first kappa shape index (κ1) is 15.8. The van der Waals surface area contributed by atoms with Crippen LogP contribution in [0, 0.1) is 0 Å². The number of pyridine rings is 1. The van der Waals surface area contributed by atoms with Gasteiger partial charge in [-0.25, -0.2) is 4.98 Å². The average molecular weight is 309 g/mol. The fraction of sp³-hybridized carbons (Fsp3) is 0.200. The monoisotopic (exact) mass is 309 g/mol. The van der Waals surface area contributed by atoms with Gasteiger partial charge in [-0.1, -0.05) is 6.07 Å². The van der Waals surface area contributed by atoms with Gasteiger partial charge >= 0.3 is 6.18 Å². The molecule has 1 aromatic heterocycles. The minimum absolute atomic E-state index is 0.186. The molecule has 4 nitrogen and oxygen atoms in total. The van der Waals surface area contributed by atoms with Crippen molar-refractivity contribution < 1.29 is 18.0 Å². The summed E-state index contributed by atoms with van der Waals surface area (Å²) in [6.45, 7) is 0. The Balaban J connectivity index is 2.13. The maximum Gasteiger partial charge on any atom is 0.416 e. The average Bonchev–Trinajstić information content (AvgIpc) is 2.47. The highest BCUT2D eigenvalue weighted by atomic mass is 19.4. The SMILES string of the molecule is CN(C)c1cccc(C(=O)Nc2ccc(C(F)(F)F)cc2)n1. The van der Waals surface area contributed by atoms with Gasteiger partial charge in [0.05, 0.1) is 5.56 Å². The molecule has 0 aliphatic rings. The van der Waals surface area contributed by atoms with Gasteiger partial charge in [0.25, 0.3) is 5.91 Å². The van der Waals surface area contributed by atoms with E-state index >= 15 is 0 Å². The van der Waals surface area contributed by atoms with Crippen molar-refractivity contribution in [3.63, 3.8) is 0 Å². The summed E-state index contributed by atoms with van der Waals surface area (Å²) in [5.74, 6) is 0.128. The fourth-order valence-corrected chi connectivity index (χ4v) is 1.74. The number of rotatable bonds is 3. The molecule has 0 bridgehead atoms. The smallest absolute Gasteiger partial charge is 0.363 e. The third-order valence-corrected chi connectivity index (χ3v) is 2.90. The first-order valence-electron chi connectivity index (χ1n) is 6.40. The number of carbonyl (C=O) groups excluding carboxylic acids is 1. The molecule has 0 radical (unpaired) electrons. The predicted molar refractivity (Wildman–Crippen MR) is 78.0 cm³/mol. The standard InChI is InChI=1S/C15H14F3N3O/c1-21(2)13-5-3-4-12(20-13)14(22)19-11-8-6-10(7-9-11)15(16,17)18/h3-9H,1-2H3,(H,19,22). The highest BCUT2D eigenvalue weighted by Gasteiger charge is 2.30. The molecule has 116 valence electrons. The molecule has 0 atom stereocenters. The Kier molecular flexibility index (Phi) is 4.35. The molecule has 1 amide bonds. The van der Waals surface area contributed by atoms with Crippen LogP contribution in [0.15, 0.2) is 42.5 Å². The highest BCUT2D eigenvalue weighted by molar-refractivity contribution is 6.03. The van der Waals surface area contributed by atoms with Crippen LogP contribution in [-0.4, -0.2) is 25.0 Å². The molecule has 0 saturated heterocycles. The molecule has 0 spiro atoms. The van der Waals surface area contributed by atoms with Crippen LogP contribution in [0.1, 0.15) is 16.1 Å². The summed E-state index contributed by atoms with van der Waals surface area (Å²) in [7, 11) is 3.58. The molecule has 0 saturated carbocycles. The maximum atomic E-state index is 12.5. The van der Waals surface area contributed by atoms with Crippen LogP contribution in [0.4, 0.5) is 24.7 Å². The second-order valence-corrected chi connectivity index (χ2v) is 4.80. The zero-order chi connectivity index (χ0) is 16.3. The Morgan fingerprint density at radius 1 is 1.09 bits per heavy atom. The first-order valence-corrected chi connectivity index (χ1v) is 6.40. The molecule has 2 aromatic rings. The van der Waals surface area contributed by atoms with Crippen LogP contribution in [0.25, 0.3) is 0 Å². The number of carbonyl (C=O) groups is 1. The van der Waals surface area contributed by atoms with Crippen molar-refractivity contribution in [3.8, 4) is 0 Å². The molecule has 7 heteroatoms. The molecule has 0 fully saturated rings. The van der Waals surface area contributed by atoms with Crippen LogP contribution in [0.3, 0.4) is 0 Å². The number of benzene rings is 1. The predicted octanol–water partition coefficient (Wildman–Crippen LogP) is 3.42. The van der Waals surface area contributed by atoms with Crippen molar-refractivity contribution in [1.29, 1.82) is 0 Å². The number of halogens is 3. The largest absolute Gasteiger partial charge is 0.416 e. The topological polar surface area (TPSA) is 45.2 Å². The van der Waals surface area contributed by atoms with E-state index in [-0.39, 0.29) is 11.4 Å².